The van der Waals surface area contributed by atoms with E-state index in [-0.39, 0.29) is 5.75 Å². The number of benzene rings is 1. The average Bonchev–Trinajstić information content (AvgIpc) is 2.12. The van der Waals surface area contributed by atoms with E-state index in [1.165, 1.54) is 0 Å². The smallest absolute Gasteiger partial charge is 0.119 e. The third-order valence-corrected chi connectivity index (χ3v) is 2.40. The molecule has 1 aromatic carbocycles. The fourth-order valence-electron chi connectivity index (χ4n) is 1.21. The minimum Gasteiger partial charge on any atom is -0.508 e. The van der Waals surface area contributed by atoms with Gasteiger partial charge in [-0.1, -0.05) is 11.6 Å². The molecular weight excluding hydrogens is 186 g/mol. The van der Waals surface area contributed by atoms with Crippen LogP contribution < -0.4 is 0 Å². The summed E-state index contributed by atoms with van der Waals surface area (Å²) in [5, 5.41) is 18.5. The second-order valence-corrected chi connectivity index (χ2v) is 3.24. The molecule has 1 aromatic rings. The Labute approximate surface area is 82.4 Å². The third-order valence-electron chi connectivity index (χ3n) is 1.99. The molecule has 0 fully saturated rings. The highest BCUT2D eigenvalue weighted by Crippen LogP contribution is 2.27. The predicted octanol–water partition coefficient (Wildman–Crippen LogP) is 2.81. The molecule has 0 unspecified atom stereocenters. The van der Waals surface area contributed by atoms with Crippen molar-refractivity contribution in [1.29, 1.82) is 5.26 Å². The summed E-state index contributed by atoms with van der Waals surface area (Å²) in [6.45, 7) is 1.84. The maximum absolute atomic E-state index is 9.47. The van der Waals surface area contributed by atoms with Gasteiger partial charge in [0.15, 0.2) is 0 Å². The summed E-state index contributed by atoms with van der Waals surface area (Å²) < 4.78 is 0. The van der Waals surface area contributed by atoms with Crippen molar-refractivity contribution < 1.29 is 5.11 Å². The molecule has 0 amide bonds. The molecule has 0 spiro atoms. The number of hydrogen-bond acceptors (Lipinski definition) is 2. The maximum atomic E-state index is 9.47. The molecule has 0 atom stereocenters. The molecule has 0 saturated heterocycles. The Hall–Kier alpha value is -1.20. The van der Waals surface area contributed by atoms with E-state index >= 15 is 0 Å². The second kappa shape index (κ2) is 4.15. The summed E-state index contributed by atoms with van der Waals surface area (Å²) in [7, 11) is 0. The van der Waals surface area contributed by atoms with Crippen LogP contribution in [0.4, 0.5) is 0 Å². The first-order valence-electron chi connectivity index (χ1n) is 4.00. The summed E-state index contributed by atoms with van der Waals surface area (Å²) in [5.74, 6) is 0.220. The first kappa shape index (κ1) is 9.88. The van der Waals surface area contributed by atoms with Crippen LogP contribution in [-0.2, 0) is 6.42 Å². The van der Waals surface area contributed by atoms with E-state index in [2.05, 4.69) is 0 Å². The Morgan fingerprint density at radius 1 is 1.54 bits per heavy atom. The summed E-state index contributed by atoms with van der Waals surface area (Å²) in [6, 6.07) is 5.25. The first-order chi connectivity index (χ1) is 6.16. The molecule has 0 radical (unpaired) electrons. The highest BCUT2D eigenvalue weighted by molar-refractivity contribution is 6.31. The highest BCUT2D eigenvalue weighted by atomic mass is 35.5. The molecule has 0 heterocycles. The van der Waals surface area contributed by atoms with Crippen molar-refractivity contribution in [3.8, 4) is 11.8 Å². The van der Waals surface area contributed by atoms with E-state index in [9.17, 15) is 5.11 Å². The van der Waals surface area contributed by atoms with Crippen LogP contribution >= 0.6 is 11.6 Å². The van der Waals surface area contributed by atoms with E-state index < -0.39 is 0 Å². The van der Waals surface area contributed by atoms with Crippen LogP contribution in [0.2, 0.25) is 5.02 Å². The van der Waals surface area contributed by atoms with Gasteiger partial charge in [0.2, 0.25) is 0 Å². The van der Waals surface area contributed by atoms with Crippen LogP contribution in [0.3, 0.4) is 0 Å². The fourth-order valence-corrected chi connectivity index (χ4v) is 1.39. The molecule has 3 heteroatoms. The topological polar surface area (TPSA) is 44.0 Å². The maximum Gasteiger partial charge on any atom is 0.119 e. The number of halogens is 1. The van der Waals surface area contributed by atoms with Gasteiger partial charge >= 0.3 is 0 Å². The molecule has 0 aliphatic heterocycles. The van der Waals surface area contributed by atoms with Crippen molar-refractivity contribution in [3.05, 3.63) is 28.3 Å². The summed E-state index contributed by atoms with van der Waals surface area (Å²) in [6.07, 6.45) is 0.948. The first-order valence-corrected chi connectivity index (χ1v) is 4.38. The monoisotopic (exact) mass is 195 g/mol. The third kappa shape index (κ3) is 2.13. The van der Waals surface area contributed by atoms with Gasteiger partial charge < -0.3 is 5.11 Å². The highest BCUT2D eigenvalue weighted by Gasteiger charge is 2.07. The lowest BCUT2D eigenvalue weighted by Crippen LogP contribution is -1.90. The quantitative estimate of drug-likeness (QED) is 0.789. The number of phenols is 1. The number of rotatable bonds is 2. The van der Waals surface area contributed by atoms with Crippen molar-refractivity contribution >= 4 is 11.6 Å². The number of nitrogens with zero attached hydrogens (tertiary/aromatic N) is 1. The van der Waals surface area contributed by atoms with Gasteiger partial charge in [-0.3, -0.25) is 0 Å². The zero-order chi connectivity index (χ0) is 9.84. The Bertz CT molecular complexity index is 355. The summed E-state index contributed by atoms with van der Waals surface area (Å²) in [5.41, 5.74) is 1.63. The predicted molar refractivity (Wildman–Crippen MR) is 51.8 cm³/mol. The van der Waals surface area contributed by atoms with E-state index in [4.69, 9.17) is 16.9 Å². The summed E-state index contributed by atoms with van der Waals surface area (Å²) in [4.78, 5) is 0. The Kier molecular flexibility index (Phi) is 3.16. The van der Waals surface area contributed by atoms with Crippen LogP contribution in [-0.4, -0.2) is 5.11 Å². The van der Waals surface area contributed by atoms with Crippen molar-refractivity contribution in [3.63, 3.8) is 0 Å². The van der Waals surface area contributed by atoms with Gasteiger partial charge in [0.1, 0.15) is 5.75 Å². The molecule has 1 N–H and O–H groups in total. The van der Waals surface area contributed by atoms with Crippen LogP contribution in [0.15, 0.2) is 12.1 Å². The molecule has 68 valence electrons. The number of nitriles is 1. The minimum atomic E-state index is 0.220. The van der Waals surface area contributed by atoms with Gasteiger partial charge in [0.25, 0.3) is 0 Å². The van der Waals surface area contributed by atoms with Gasteiger partial charge in [0, 0.05) is 11.4 Å². The Morgan fingerprint density at radius 2 is 2.23 bits per heavy atom. The Balaban J connectivity index is 3.04. The molecule has 0 bridgehead atoms. The normalized spacial score (nSPS) is 9.62. The van der Waals surface area contributed by atoms with Crippen molar-refractivity contribution in [2.75, 3.05) is 0 Å². The fraction of sp³-hybridized carbons (Fsp3) is 0.300. The van der Waals surface area contributed by atoms with Crippen molar-refractivity contribution in [2.24, 2.45) is 0 Å². The zero-order valence-corrected chi connectivity index (χ0v) is 8.10. The Morgan fingerprint density at radius 3 is 2.85 bits per heavy atom. The van der Waals surface area contributed by atoms with E-state index in [0.29, 0.717) is 17.9 Å². The SMILES string of the molecule is Cc1c(Cl)ccc(O)c1CCC#N. The van der Waals surface area contributed by atoms with Gasteiger partial charge in [0.05, 0.1) is 6.07 Å². The zero-order valence-electron chi connectivity index (χ0n) is 7.34. The van der Waals surface area contributed by atoms with Gasteiger partial charge in [-0.2, -0.15) is 5.26 Å². The van der Waals surface area contributed by atoms with Gasteiger partial charge in [-0.25, -0.2) is 0 Å². The lowest BCUT2D eigenvalue weighted by molar-refractivity contribution is 0.467. The van der Waals surface area contributed by atoms with Gasteiger partial charge in [-0.05, 0) is 36.6 Å². The largest absolute Gasteiger partial charge is 0.508 e. The standard InChI is InChI=1S/C10H10ClNO/c1-7-8(3-2-6-12)10(13)5-4-9(7)11/h4-5,13H,2-3H2,1H3. The van der Waals surface area contributed by atoms with E-state index in [1.807, 2.05) is 13.0 Å². The molecule has 0 aromatic heterocycles. The molecular formula is C10H10ClNO. The van der Waals surface area contributed by atoms with Crippen LogP contribution in [0.25, 0.3) is 0 Å². The molecule has 13 heavy (non-hydrogen) atoms. The molecule has 1 rings (SSSR count). The molecule has 2 nitrogen and oxygen atoms in total. The number of phenolic OH excluding ortho intramolecular Hbond substituents is 1. The second-order valence-electron chi connectivity index (χ2n) is 2.83. The van der Waals surface area contributed by atoms with Crippen molar-refractivity contribution in [1.82, 2.24) is 0 Å². The van der Waals surface area contributed by atoms with E-state index in [0.717, 1.165) is 11.1 Å². The van der Waals surface area contributed by atoms with Crippen molar-refractivity contribution in [2.45, 2.75) is 19.8 Å². The molecule has 0 saturated carbocycles. The van der Waals surface area contributed by atoms with E-state index in [1.54, 1.807) is 12.1 Å². The van der Waals surface area contributed by atoms with Crippen LogP contribution in [0, 0.1) is 18.3 Å². The average molecular weight is 196 g/mol. The van der Waals surface area contributed by atoms with Gasteiger partial charge in [-0.15, -0.1) is 0 Å². The minimum absolute atomic E-state index is 0.220. The van der Waals surface area contributed by atoms with Crippen LogP contribution in [0.1, 0.15) is 17.5 Å². The lowest BCUT2D eigenvalue weighted by atomic mass is 10.0. The molecule has 0 aliphatic carbocycles. The van der Waals surface area contributed by atoms with Crippen LogP contribution in [0.5, 0.6) is 5.75 Å². The lowest BCUT2D eigenvalue weighted by Gasteiger charge is -2.07. The number of hydrogen-bond donors (Lipinski definition) is 1. The summed E-state index contributed by atoms with van der Waals surface area (Å²) >= 11 is 5.87. The number of aromatic hydroxyl groups is 1. The molecule has 0 aliphatic rings.